The van der Waals surface area contributed by atoms with Crippen molar-refractivity contribution in [1.29, 1.82) is 0 Å². The van der Waals surface area contributed by atoms with Gasteiger partial charge in [-0.2, -0.15) is 4.72 Å². The van der Waals surface area contributed by atoms with Crippen LogP contribution >= 0.6 is 0 Å². The van der Waals surface area contributed by atoms with Crippen LogP contribution in [0.2, 0.25) is 0 Å². The minimum atomic E-state index is -3.76. The van der Waals surface area contributed by atoms with E-state index in [0.29, 0.717) is 12.5 Å². The zero-order valence-electron chi connectivity index (χ0n) is 16.6. The Morgan fingerprint density at radius 3 is 2.66 bits per heavy atom. The molecule has 0 saturated heterocycles. The predicted molar refractivity (Wildman–Crippen MR) is 113 cm³/mol. The molecule has 1 amide bonds. The van der Waals surface area contributed by atoms with Crippen LogP contribution in [0.4, 0.5) is 0 Å². The summed E-state index contributed by atoms with van der Waals surface area (Å²) in [6.07, 6.45) is 6.03. The van der Waals surface area contributed by atoms with Crippen LogP contribution in [0.5, 0.6) is 5.75 Å². The topological polar surface area (TPSA) is 84.5 Å². The van der Waals surface area contributed by atoms with Crippen LogP contribution in [0.25, 0.3) is 0 Å². The van der Waals surface area contributed by atoms with Gasteiger partial charge in [-0.1, -0.05) is 44.0 Å². The standard InChI is InChI=1S/C22H26N2O4S/c1-4-13-24-29(26,27)20-10-7-9-18(15-20)22(25)23-16-19-8-5-6-11-21(19)28-14-12-17(2)3/h1,5-11,15,17,24H,12-14,16H2,2-3H3,(H,23,25). The number of carbonyl (C=O) groups excluding carboxylic acids is 1. The lowest BCUT2D eigenvalue weighted by Crippen LogP contribution is -2.26. The van der Waals surface area contributed by atoms with Gasteiger partial charge < -0.3 is 10.1 Å². The molecule has 0 unspecified atom stereocenters. The maximum Gasteiger partial charge on any atom is 0.251 e. The van der Waals surface area contributed by atoms with Gasteiger partial charge in [-0.3, -0.25) is 4.79 Å². The Hall–Kier alpha value is -2.82. The first-order valence-corrected chi connectivity index (χ1v) is 10.8. The molecule has 154 valence electrons. The van der Waals surface area contributed by atoms with Crippen molar-refractivity contribution < 1.29 is 17.9 Å². The molecule has 0 radical (unpaired) electrons. The van der Waals surface area contributed by atoms with Gasteiger partial charge in [0.25, 0.3) is 5.91 Å². The van der Waals surface area contributed by atoms with Gasteiger partial charge in [0.05, 0.1) is 18.0 Å². The number of terminal acetylenes is 1. The summed E-state index contributed by atoms with van der Waals surface area (Å²) < 4.78 is 32.5. The molecule has 0 fully saturated rings. The fourth-order valence-electron chi connectivity index (χ4n) is 2.50. The minimum absolute atomic E-state index is 0.0159. The lowest BCUT2D eigenvalue weighted by Gasteiger charge is -2.13. The van der Waals surface area contributed by atoms with E-state index in [1.807, 2.05) is 24.3 Å². The van der Waals surface area contributed by atoms with E-state index in [4.69, 9.17) is 11.2 Å². The second-order valence-electron chi connectivity index (χ2n) is 6.88. The summed E-state index contributed by atoms with van der Waals surface area (Å²) in [6, 6.07) is 13.3. The van der Waals surface area contributed by atoms with E-state index < -0.39 is 10.0 Å². The Morgan fingerprint density at radius 1 is 1.17 bits per heavy atom. The molecule has 0 heterocycles. The number of para-hydroxylation sites is 1. The SMILES string of the molecule is C#CCNS(=O)(=O)c1cccc(C(=O)NCc2ccccc2OCCC(C)C)c1. The number of benzene rings is 2. The molecule has 2 N–H and O–H groups in total. The molecule has 0 aliphatic rings. The van der Waals surface area contributed by atoms with Crippen LogP contribution in [0, 0.1) is 18.3 Å². The van der Waals surface area contributed by atoms with E-state index in [2.05, 4.69) is 29.8 Å². The molecule has 0 atom stereocenters. The Labute approximate surface area is 172 Å². The molecular weight excluding hydrogens is 388 g/mol. The molecule has 6 nitrogen and oxygen atoms in total. The third-order valence-electron chi connectivity index (χ3n) is 4.14. The van der Waals surface area contributed by atoms with Crippen LogP contribution in [0.15, 0.2) is 53.4 Å². The van der Waals surface area contributed by atoms with Gasteiger partial charge in [-0.05, 0) is 36.6 Å². The number of carbonyl (C=O) groups is 1. The normalized spacial score (nSPS) is 11.1. The highest BCUT2D eigenvalue weighted by atomic mass is 32.2. The maximum absolute atomic E-state index is 12.5. The van der Waals surface area contributed by atoms with E-state index >= 15 is 0 Å². The maximum atomic E-state index is 12.5. The molecule has 29 heavy (non-hydrogen) atoms. The van der Waals surface area contributed by atoms with Crippen LogP contribution < -0.4 is 14.8 Å². The molecule has 0 spiro atoms. The van der Waals surface area contributed by atoms with E-state index in [0.717, 1.165) is 17.7 Å². The third kappa shape index (κ3) is 6.93. The van der Waals surface area contributed by atoms with Gasteiger partial charge in [0.1, 0.15) is 5.75 Å². The molecule has 0 bridgehead atoms. The third-order valence-corrected chi connectivity index (χ3v) is 5.53. The van der Waals surface area contributed by atoms with Crippen molar-refractivity contribution in [3.05, 3.63) is 59.7 Å². The second-order valence-corrected chi connectivity index (χ2v) is 8.64. The van der Waals surface area contributed by atoms with Gasteiger partial charge in [0, 0.05) is 17.7 Å². The van der Waals surface area contributed by atoms with Crippen molar-refractivity contribution in [3.8, 4) is 18.1 Å². The highest BCUT2D eigenvalue weighted by molar-refractivity contribution is 7.89. The minimum Gasteiger partial charge on any atom is -0.493 e. The number of hydrogen-bond donors (Lipinski definition) is 2. The van der Waals surface area contributed by atoms with Crippen molar-refractivity contribution in [1.82, 2.24) is 10.0 Å². The largest absolute Gasteiger partial charge is 0.493 e. The summed E-state index contributed by atoms with van der Waals surface area (Å²) in [5, 5.41) is 2.81. The van der Waals surface area contributed by atoms with Crippen LogP contribution in [-0.2, 0) is 16.6 Å². The molecule has 2 aromatic rings. The summed E-state index contributed by atoms with van der Waals surface area (Å²) in [7, 11) is -3.76. The molecule has 0 saturated carbocycles. The van der Waals surface area contributed by atoms with Crippen LogP contribution in [-0.4, -0.2) is 27.5 Å². The van der Waals surface area contributed by atoms with Gasteiger partial charge in [0.15, 0.2) is 0 Å². The Bertz CT molecular complexity index is 978. The summed E-state index contributed by atoms with van der Waals surface area (Å²) in [4.78, 5) is 12.5. The Morgan fingerprint density at radius 2 is 1.93 bits per heavy atom. The van der Waals surface area contributed by atoms with Crippen molar-refractivity contribution in [2.75, 3.05) is 13.2 Å². The van der Waals surface area contributed by atoms with Crippen molar-refractivity contribution in [3.63, 3.8) is 0 Å². The highest BCUT2D eigenvalue weighted by Crippen LogP contribution is 2.19. The number of nitrogens with one attached hydrogen (secondary N) is 2. The van der Waals surface area contributed by atoms with E-state index in [1.54, 1.807) is 6.07 Å². The number of sulfonamides is 1. The lowest BCUT2D eigenvalue weighted by molar-refractivity contribution is 0.0950. The average Bonchev–Trinajstić information content (AvgIpc) is 2.71. The fourth-order valence-corrected chi connectivity index (χ4v) is 3.48. The fraction of sp³-hybridized carbons (Fsp3) is 0.318. The summed E-state index contributed by atoms with van der Waals surface area (Å²) in [5.74, 6) is 3.10. The van der Waals surface area contributed by atoms with Gasteiger partial charge >= 0.3 is 0 Å². The van der Waals surface area contributed by atoms with Crippen molar-refractivity contribution >= 4 is 15.9 Å². The first-order chi connectivity index (χ1) is 13.8. The Kier molecular flexibility index (Phi) is 8.25. The van der Waals surface area contributed by atoms with Gasteiger partial charge in [0.2, 0.25) is 10.0 Å². The lowest BCUT2D eigenvalue weighted by atomic mass is 10.1. The predicted octanol–water partition coefficient (Wildman–Crippen LogP) is 2.95. The number of rotatable bonds is 10. The second kappa shape index (κ2) is 10.6. The summed E-state index contributed by atoms with van der Waals surface area (Å²) in [5.41, 5.74) is 1.09. The van der Waals surface area contributed by atoms with E-state index in [-0.39, 0.29) is 29.5 Å². The van der Waals surface area contributed by atoms with Crippen LogP contribution in [0.3, 0.4) is 0 Å². The quantitative estimate of drug-likeness (QED) is 0.586. The Balaban J connectivity index is 2.05. The first-order valence-electron chi connectivity index (χ1n) is 9.35. The number of amides is 1. The highest BCUT2D eigenvalue weighted by Gasteiger charge is 2.16. The zero-order valence-corrected chi connectivity index (χ0v) is 17.5. The number of hydrogen-bond acceptors (Lipinski definition) is 4. The molecule has 2 rings (SSSR count). The van der Waals surface area contributed by atoms with Gasteiger partial charge in [-0.15, -0.1) is 6.42 Å². The number of ether oxygens (including phenoxy) is 1. The molecule has 0 aromatic heterocycles. The average molecular weight is 415 g/mol. The zero-order chi connectivity index (χ0) is 21.3. The van der Waals surface area contributed by atoms with E-state index in [9.17, 15) is 13.2 Å². The molecule has 7 heteroatoms. The molecule has 0 aliphatic heterocycles. The van der Waals surface area contributed by atoms with Crippen molar-refractivity contribution in [2.45, 2.75) is 31.7 Å². The molecule has 0 aliphatic carbocycles. The van der Waals surface area contributed by atoms with Gasteiger partial charge in [-0.25, -0.2) is 8.42 Å². The molecule has 2 aromatic carbocycles. The summed E-state index contributed by atoms with van der Waals surface area (Å²) in [6.45, 7) is 5.01. The smallest absolute Gasteiger partial charge is 0.251 e. The monoisotopic (exact) mass is 414 g/mol. The van der Waals surface area contributed by atoms with Crippen molar-refractivity contribution in [2.24, 2.45) is 5.92 Å². The van der Waals surface area contributed by atoms with E-state index in [1.165, 1.54) is 18.2 Å². The molecular formula is C22H26N2O4S. The first kappa shape index (κ1) is 22.5. The van der Waals surface area contributed by atoms with Crippen LogP contribution in [0.1, 0.15) is 36.2 Å². The summed E-state index contributed by atoms with van der Waals surface area (Å²) >= 11 is 0.